The highest BCUT2D eigenvalue weighted by molar-refractivity contribution is 6.73. The molecule has 2 aromatic carbocycles. The van der Waals surface area contributed by atoms with E-state index in [0.29, 0.717) is 6.61 Å². The molecule has 1 aliphatic rings. The van der Waals surface area contributed by atoms with E-state index < -0.39 is 39.0 Å². The largest absolute Gasteiger partial charge is 0.408 e. The number of aliphatic hydroxyl groups excluding tert-OH is 1. The lowest BCUT2D eigenvalue weighted by Crippen LogP contribution is -2.61. The highest BCUT2D eigenvalue weighted by Crippen LogP contribution is 2.32. The van der Waals surface area contributed by atoms with Crippen LogP contribution < -0.4 is 0 Å². The van der Waals surface area contributed by atoms with Gasteiger partial charge < -0.3 is 24.1 Å². The van der Waals surface area contributed by atoms with E-state index in [1.54, 1.807) is 6.92 Å². The first kappa shape index (κ1) is 21.0. The summed E-state index contributed by atoms with van der Waals surface area (Å²) in [5, 5.41) is 23.3. The molecule has 2 aromatic rings. The first-order chi connectivity index (χ1) is 14.2. The lowest BCUT2D eigenvalue weighted by atomic mass is 9.99. The lowest BCUT2D eigenvalue weighted by Gasteiger charge is -2.45. The molecule has 0 spiro atoms. The zero-order chi connectivity index (χ0) is 21.9. The first-order valence-corrected chi connectivity index (χ1v) is 13.1. The van der Waals surface area contributed by atoms with Gasteiger partial charge in [0.1, 0.15) is 18.3 Å². The summed E-state index contributed by atoms with van der Waals surface area (Å²) in [5.74, 6) is 0. The standard InChI is InChI=1S/C23H34O5Si/c1-5-29(6-2,7-3)28-22-20(24)23(25)27-16(4)21(22)26-15-17-12-13-18-10-8-9-11-19(18)14-17/h8-14,16,20-25H,5-7,15H2,1-4H3/t16-,20+,21-,22-,23+/m0/s1/i23D. The van der Waals surface area contributed by atoms with Gasteiger partial charge in [-0.3, -0.25) is 0 Å². The SMILES string of the molecule is [2H][C@@]1(O)O[C@@H](C)[C@H](OCc2ccc3ccccc3c2)[C@@H](O[Si](CC)(CC)CC)[C@H]1O. The van der Waals surface area contributed by atoms with Gasteiger partial charge in [-0.15, -0.1) is 0 Å². The number of benzene rings is 2. The Hall–Kier alpha value is -1.28. The van der Waals surface area contributed by atoms with E-state index in [-0.39, 0.29) is 0 Å². The molecule has 0 saturated carbocycles. The summed E-state index contributed by atoms with van der Waals surface area (Å²) in [6.07, 6.45) is -5.93. The molecule has 5 atom stereocenters. The minimum atomic E-state index is -2.41. The fraction of sp³-hybridized carbons (Fsp3) is 0.565. The number of rotatable bonds is 8. The van der Waals surface area contributed by atoms with E-state index in [1.807, 2.05) is 18.2 Å². The summed E-state index contributed by atoms with van der Waals surface area (Å²) in [4.78, 5) is 0. The van der Waals surface area contributed by atoms with Crippen LogP contribution in [0.5, 0.6) is 0 Å². The summed E-state index contributed by atoms with van der Waals surface area (Å²) in [5.41, 5.74) is 1.01. The van der Waals surface area contributed by atoms with Crippen molar-refractivity contribution in [3.63, 3.8) is 0 Å². The van der Waals surface area contributed by atoms with E-state index in [0.717, 1.165) is 34.5 Å². The molecule has 0 aromatic heterocycles. The van der Waals surface area contributed by atoms with Gasteiger partial charge in [0.15, 0.2) is 14.6 Å². The molecule has 0 radical (unpaired) electrons. The molecule has 6 heteroatoms. The van der Waals surface area contributed by atoms with Crippen molar-refractivity contribution in [2.45, 2.75) is 83.1 Å². The Labute approximate surface area is 176 Å². The van der Waals surface area contributed by atoms with Crippen LogP contribution in [0.2, 0.25) is 18.1 Å². The van der Waals surface area contributed by atoms with Gasteiger partial charge in [-0.25, -0.2) is 0 Å². The lowest BCUT2D eigenvalue weighted by molar-refractivity contribution is -0.284. The number of hydrogen-bond acceptors (Lipinski definition) is 5. The molecule has 160 valence electrons. The van der Waals surface area contributed by atoms with Crippen molar-refractivity contribution in [2.24, 2.45) is 0 Å². The smallest absolute Gasteiger partial charge is 0.192 e. The minimum absolute atomic E-state index is 0.325. The summed E-state index contributed by atoms with van der Waals surface area (Å²) in [6, 6.07) is 17.0. The summed E-state index contributed by atoms with van der Waals surface area (Å²) in [6.45, 7) is 8.38. The second-order valence-electron chi connectivity index (χ2n) is 7.89. The van der Waals surface area contributed by atoms with Gasteiger partial charge in [-0.2, -0.15) is 0 Å². The molecular weight excluding hydrogens is 384 g/mol. The third-order valence-corrected chi connectivity index (χ3v) is 10.9. The van der Waals surface area contributed by atoms with E-state index in [2.05, 4.69) is 45.0 Å². The molecule has 5 nitrogen and oxygen atoms in total. The van der Waals surface area contributed by atoms with Crippen molar-refractivity contribution in [3.8, 4) is 0 Å². The quantitative estimate of drug-likeness (QED) is 0.627. The average molecular weight is 420 g/mol. The molecule has 29 heavy (non-hydrogen) atoms. The highest BCUT2D eigenvalue weighted by Gasteiger charge is 2.47. The number of aliphatic hydroxyl groups is 2. The second kappa shape index (κ2) is 9.68. The molecular formula is C23H34O5Si. The van der Waals surface area contributed by atoms with Crippen molar-refractivity contribution in [3.05, 3.63) is 48.0 Å². The van der Waals surface area contributed by atoms with E-state index in [1.165, 1.54) is 0 Å². The van der Waals surface area contributed by atoms with Crippen molar-refractivity contribution in [1.82, 2.24) is 0 Å². The number of hydrogen-bond donors (Lipinski definition) is 2. The van der Waals surface area contributed by atoms with Crippen LogP contribution in [0.15, 0.2) is 42.5 Å². The molecule has 1 saturated heterocycles. The van der Waals surface area contributed by atoms with Gasteiger partial charge in [0, 0.05) is 0 Å². The predicted octanol–water partition coefficient (Wildman–Crippen LogP) is 4.21. The van der Waals surface area contributed by atoms with Crippen LogP contribution >= 0.6 is 0 Å². The van der Waals surface area contributed by atoms with Crippen LogP contribution in [0.4, 0.5) is 0 Å². The van der Waals surface area contributed by atoms with Crippen molar-refractivity contribution < 1.29 is 25.5 Å². The van der Waals surface area contributed by atoms with E-state index >= 15 is 0 Å². The molecule has 1 heterocycles. The second-order valence-corrected chi connectivity index (χ2v) is 12.6. The highest BCUT2D eigenvalue weighted by atomic mass is 28.4. The van der Waals surface area contributed by atoms with Crippen molar-refractivity contribution in [2.75, 3.05) is 0 Å². The Balaban J connectivity index is 1.82. The van der Waals surface area contributed by atoms with Crippen molar-refractivity contribution in [1.29, 1.82) is 0 Å². The van der Waals surface area contributed by atoms with Gasteiger partial charge in [0.05, 0.1) is 14.1 Å². The maximum absolute atomic E-state index is 10.7. The normalized spacial score (nSPS) is 31.0. The van der Waals surface area contributed by atoms with Crippen LogP contribution in [-0.4, -0.2) is 49.2 Å². The Morgan fingerprint density at radius 3 is 2.31 bits per heavy atom. The van der Waals surface area contributed by atoms with Crippen LogP contribution in [0.1, 0.15) is 34.6 Å². The minimum Gasteiger partial charge on any atom is -0.408 e. The number of ether oxygens (including phenoxy) is 2. The van der Waals surface area contributed by atoms with Crippen LogP contribution in [0.25, 0.3) is 10.8 Å². The van der Waals surface area contributed by atoms with Crippen molar-refractivity contribution >= 4 is 19.1 Å². The maximum atomic E-state index is 10.7. The first-order valence-electron chi connectivity index (χ1n) is 11.1. The summed E-state index contributed by atoms with van der Waals surface area (Å²) < 4.78 is 26.1. The van der Waals surface area contributed by atoms with Gasteiger partial charge >= 0.3 is 0 Å². The molecule has 0 unspecified atom stereocenters. The molecule has 1 aliphatic heterocycles. The van der Waals surface area contributed by atoms with Gasteiger partial charge in [0.25, 0.3) is 0 Å². The average Bonchev–Trinajstić information content (AvgIpc) is 2.74. The van der Waals surface area contributed by atoms with Gasteiger partial charge in [-0.1, -0.05) is 57.2 Å². The molecule has 0 bridgehead atoms. The van der Waals surface area contributed by atoms with Crippen LogP contribution in [0.3, 0.4) is 0 Å². The molecule has 0 amide bonds. The Morgan fingerprint density at radius 1 is 1.00 bits per heavy atom. The fourth-order valence-corrected chi connectivity index (χ4v) is 6.93. The topological polar surface area (TPSA) is 68.2 Å². The van der Waals surface area contributed by atoms with E-state index in [4.69, 9.17) is 15.3 Å². The van der Waals surface area contributed by atoms with Crippen LogP contribution in [0, 0.1) is 0 Å². The predicted molar refractivity (Wildman–Crippen MR) is 117 cm³/mol. The number of fused-ring (bicyclic) bond motifs is 1. The van der Waals surface area contributed by atoms with Gasteiger partial charge in [-0.05, 0) is 47.5 Å². The van der Waals surface area contributed by atoms with Crippen LogP contribution in [-0.2, 0) is 20.5 Å². The third-order valence-electron chi connectivity index (χ3n) is 6.23. The third kappa shape index (κ3) is 4.90. The van der Waals surface area contributed by atoms with E-state index in [9.17, 15) is 10.2 Å². The summed E-state index contributed by atoms with van der Waals surface area (Å²) >= 11 is 0. The molecule has 3 rings (SSSR count). The maximum Gasteiger partial charge on any atom is 0.192 e. The molecule has 1 fully saturated rings. The van der Waals surface area contributed by atoms with Gasteiger partial charge in [0.2, 0.25) is 0 Å². The molecule has 0 aliphatic carbocycles. The Bertz CT molecular complexity index is 833. The zero-order valence-electron chi connectivity index (χ0n) is 18.8. The zero-order valence-corrected chi connectivity index (χ0v) is 18.8. The monoisotopic (exact) mass is 419 g/mol. The fourth-order valence-electron chi connectivity index (χ4n) is 4.09. The Kier molecular flexibility index (Phi) is 7.00. The summed E-state index contributed by atoms with van der Waals surface area (Å²) in [7, 11) is -2.12. The Morgan fingerprint density at radius 2 is 1.66 bits per heavy atom. The molecule has 2 N–H and O–H groups in total.